The highest BCUT2D eigenvalue weighted by molar-refractivity contribution is 5.58. The smallest absolute Gasteiger partial charge is 0.118 e. The van der Waals surface area contributed by atoms with Gasteiger partial charge in [-0.1, -0.05) is 5.21 Å². The maximum Gasteiger partial charge on any atom is 0.118 e. The average molecular weight is 246 g/mol. The van der Waals surface area contributed by atoms with E-state index in [-0.39, 0.29) is 0 Å². The normalized spacial score (nSPS) is 10.6. The van der Waals surface area contributed by atoms with Crippen LogP contribution in [0.4, 0.5) is 0 Å². The van der Waals surface area contributed by atoms with E-state index in [1.807, 2.05) is 42.2 Å². The zero-order valence-corrected chi connectivity index (χ0v) is 10.8. The van der Waals surface area contributed by atoms with Crippen LogP contribution in [0.5, 0.6) is 5.75 Å². The monoisotopic (exact) mass is 246 g/mol. The van der Waals surface area contributed by atoms with E-state index in [4.69, 9.17) is 4.74 Å². The van der Waals surface area contributed by atoms with Crippen LogP contribution in [-0.2, 0) is 6.54 Å². The number of aromatic nitrogens is 3. The molecule has 1 aromatic carbocycles. The lowest BCUT2D eigenvalue weighted by Gasteiger charge is -2.00. The number of rotatable bonds is 6. The van der Waals surface area contributed by atoms with E-state index >= 15 is 0 Å². The maximum atomic E-state index is 5.13. The summed E-state index contributed by atoms with van der Waals surface area (Å²) in [6.07, 6.45) is 3.01. The van der Waals surface area contributed by atoms with Crippen molar-refractivity contribution in [2.45, 2.75) is 13.0 Å². The fraction of sp³-hybridized carbons (Fsp3) is 0.385. The summed E-state index contributed by atoms with van der Waals surface area (Å²) in [6.45, 7) is 1.86. The van der Waals surface area contributed by atoms with Crippen LogP contribution in [0.15, 0.2) is 30.5 Å². The van der Waals surface area contributed by atoms with E-state index in [2.05, 4.69) is 15.6 Å². The molecule has 1 heterocycles. The Hall–Kier alpha value is -1.88. The van der Waals surface area contributed by atoms with Crippen molar-refractivity contribution in [2.24, 2.45) is 0 Å². The lowest BCUT2D eigenvalue weighted by Crippen LogP contribution is -2.11. The molecule has 0 atom stereocenters. The Labute approximate surface area is 107 Å². The quantitative estimate of drug-likeness (QED) is 0.786. The van der Waals surface area contributed by atoms with Gasteiger partial charge in [0.2, 0.25) is 0 Å². The minimum Gasteiger partial charge on any atom is -0.497 e. The molecule has 1 aromatic heterocycles. The average Bonchev–Trinajstić information content (AvgIpc) is 2.88. The SMILES string of the molecule is CNCCCn1cc(-c2ccc(OC)cc2)nn1. The summed E-state index contributed by atoms with van der Waals surface area (Å²) in [7, 11) is 3.61. The van der Waals surface area contributed by atoms with Crippen molar-refractivity contribution in [3.05, 3.63) is 30.5 Å². The Morgan fingerprint density at radius 3 is 2.72 bits per heavy atom. The predicted octanol–water partition coefficient (Wildman–Crippen LogP) is 1.56. The van der Waals surface area contributed by atoms with Gasteiger partial charge in [0.25, 0.3) is 0 Å². The molecule has 0 radical (unpaired) electrons. The molecular weight excluding hydrogens is 228 g/mol. The molecule has 0 saturated carbocycles. The third kappa shape index (κ3) is 3.07. The van der Waals surface area contributed by atoms with Crippen molar-refractivity contribution >= 4 is 0 Å². The summed E-state index contributed by atoms with van der Waals surface area (Å²) in [5.74, 6) is 0.847. The summed E-state index contributed by atoms with van der Waals surface area (Å²) in [5, 5.41) is 11.4. The van der Waals surface area contributed by atoms with Gasteiger partial charge in [-0.15, -0.1) is 5.10 Å². The van der Waals surface area contributed by atoms with Gasteiger partial charge in [0, 0.05) is 12.1 Å². The third-order valence-electron chi connectivity index (χ3n) is 2.74. The highest BCUT2D eigenvalue weighted by atomic mass is 16.5. The second-order valence-corrected chi connectivity index (χ2v) is 4.05. The first-order valence-electron chi connectivity index (χ1n) is 6.02. The number of benzene rings is 1. The van der Waals surface area contributed by atoms with Crippen molar-refractivity contribution in [3.63, 3.8) is 0 Å². The Morgan fingerprint density at radius 2 is 2.06 bits per heavy atom. The first-order chi connectivity index (χ1) is 8.83. The predicted molar refractivity (Wildman–Crippen MR) is 70.6 cm³/mol. The van der Waals surface area contributed by atoms with Crippen LogP contribution < -0.4 is 10.1 Å². The highest BCUT2D eigenvalue weighted by Gasteiger charge is 2.03. The third-order valence-corrected chi connectivity index (χ3v) is 2.74. The molecule has 1 N–H and O–H groups in total. The molecule has 2 aromatic rings. The Morgan fingerprint density at radius 1 is 1.28 bits per heavy atom. The maximum absolute atomic E-state index is 5.13. The van der Waals surface area contributed by atoms with Gasteiger partial charge in [-0.05, 0) is 44.3 Å². The van der Waals surface area contributed by atoms with Gasteiger partial charge in [-0.25, -0.2) is 0 Å². The molecule has 0 aliphatic carbocycles. The lowest BCUT2D eigenvalue weighted by molar-refractivity contribution is 0.415. The molecule has 0 aliphatic heterocycles. The summed E-state index contributed by atoms with van der Waals surface area (Å²) in [5.41, 5.74) is 1.94. The first kappa shape index (κ1) is 12.6. The number of methoxy groups -OCH3 is 1. The molecule has 0 bridgehead atoms. The minimum atomic E-state index is 0.847. The number of hydrogen-bond acceptors (Lipinski definition) is 4. The molecule has 0 spiro atoms. The molecule has 0 saturated heterocycles. The van der Waals surface area contributed by atoms with Crippen molar-refractivity contribution in [1.29, 1.82) is 0 Å². The second-order valence-electron chi connectivity index (χ2n) is 4.05. The van der Waals surface area contributed by atoms with Gasteiger partial charge in [-0.3, -0.25) is 4.68 Å². The van der Waals surface area contributed by atoms with Crippen LogP contribution in [0.1, 0.15) is 6.42 Å². The Balaban J connectivity index is 2.04. The number of hydrogen-bond donors (Lipinski definition) is 1. The number of nitrogens with one attached hydrogen (secondary N) is 1. The molecule has 5 heteroatoms. The number of aryl methyl sites for hydroxylation is 1. The summed E-state index contributed by atoms with van der Waals surface area (Å²) in [6, 6.07) is 7.83. The molecule has 0 aliphatic rings. The van der Waals surface area contributed by atoms with Crippen LogP contribution in [0.25, 0.3) is 11.3 Å². The summed E-state index contributed by atoms with van der Waals surface area (Å²) >= 11 is 0. The molecule has 96 valence electrons. The summed E-state index contributed by atoms with van der Waals surface area (Å²) < 4.78 is 7.00. The van der Waals surface area contributed by atoms with Crippen molar-refractivity contribution in [3.8, 4) is 17.0 Å². The van der Waals surface area contributed by atoms with Crippen LogP contribution >= 0.6 is 0 Å². The van der Waals surface area contributed by atoms with E-state index in [0.29, 0.717) is 0 Å². The fourth-order valence-electron chi connectivity index (χ4n) is 1.72. The molecule has 0 amide bonds. The van der Waals surface area contributed by atoms with E-state index < -0.39 is 0 Å². The van der Waals surface area contributed by atoms with Crippen LogP contribution in [-0.4, -0.2) is 35.7 Å². The van der Waals surface area contributed by atoms with E-state index in [1.54, 1.807) is 7.11 Å². The van der Waals surface area contributed by atoms with Crippen molar-refractivity contribution < 1.29 is 4.74 Å². The first-order valence-corrected chi connectivity index (χ1v) is 6.02. The topological polar surface area (TPSA) is 52.0 Å². The number of nitrogens with zero attached hydrogens (tertiary/aromatic N) is 3. The van der Waals surface area contributed by atoms with Gasteiger partial charge in [-0.2, -0.15) is 0 Å². The molecular formula is C13H18N4O. The highest BCUT2D eigenvalue weighted by Crippen LogP contribution is 2.19. The van der Waals surface area contributed by atoms with Crippen molar-refractivity contribution in [2.75, 3.05) is 20.7 Å². The van der Waals surface area contributed by atoms with Gasteiger partial charge in [0.1, 0.15) is 11.4 Å². The standard InChI is InChI=1S/C13H18N4O/c1-14-8-3-9-17-10-13(15-16-17)11-4-6-12(18-2)7-5-11/h4-7,10,14H,3,8-9H2,1-2H3. The molecule has 5 nitrogen and oxygen atoms in total. The Bertz CT molecular complexity index is 478. The van der Waals surface area contributed by atoms with Crippen LogP contribution in [0.2, 0.25) is 0 Å². The van der Waals surface area contributed by atoms with Gasteiger partial charge >= 0.3 is 0 Å². The molecule has 0 unspecified atom stereocenters. The van der Waals surface area contributed by atoms with Crippen molar-refractivity contribution in [1.82, 2.24) is 20.3 Å². The zero-order chi connectivity index (χ0) is 12.8. The number of ether oxygens (including phenoxy) is 1. The molecule has 2 rings (SSSR count). The van der Waals surface area contributed by atoms with E-state index in [0.717, 1.165) is 36.5 Å². The molecule has 0 fully saturated rings. The summed E-state index contributed by atoms with van der Waals surface area (Å²) in [4.78, 5) is 0. The van der Waals surface area contributed by atoms with Gasteiger partial charge in [0.15, 0.2) is 0 Å². The van der Waals surface area contributed by atoms with Crippen LogP contribution in [0.3, 0.4) is 0 Å². The second kappa shape index (κ2) is 6.16. The largest absolute Gasteiger partial charge is 0.497 e. The molecule has 18 heavy (non-hydrogen) atoms. The van der Waals surface area contributed by atoms with Gasteiger partial charge in [0.05, 0.1) is 13.3 Å². The van der Waals surface area contributed by atoms with E-state index in [1.165, 1.54) is 0 Å². The van der Waals surface area contributed by atoms with E-state index in [9.17, 15) is 0 Å². The van der Waals surface area contributed by atoms with Gasteiger partial charge < -0.3 is 10.1 Å². The minimum absolute atomic E-state index is 0.847. The van der Waals surface area contributed by atoms with Crippen LogP contribution in [0, 0.1) is 0 Å². The lowest BCUT2D eigenvalue weighted by atomic mass is 10.2. The zero-order valence-electron chi connectivity index (χ0n) is 10.8. The Kier molecular flexibility index (Phi) is 4.30. The fourth-order valence-corrected chi connectivity index (χ4v) is 1.72.